The Balaban J connectivity index is 2.67. The van der Waals surface area contributed by atoms with E-state index in [0.717, 1.165) is 12.3 Å². The quantitative estimate of drug-likeness (QED) is 0.745. The molecule has 5 heteroatoms. The van der Waals surface area contributed by atoms with Crippen LogP contribution in [-0.2, 0) is 4.79 Å². The van der Waals surface area contributed by atoms with Crippen molar-refractivity contribution in [3.8, 4) is 5.75 Å². The first-order chi connectivity index (χ1) is 9.45. The van der Waals surface area contributed by atoms with Gasteiger partial charge in [0, 0.05) is 25.0 Å². The van der Waals surface area contributed by atoms with Crippen LogP contribution in [0.3, 0.4) is 0 Å². The molecule has 0 aromatic heterocycles. The van der Waals surface area contributed by atoms with Crippen LogP contribution in [0.25, 0.3) is 0 Å². The van der Waals surface area contributed by atoms with Gasteiger partial charge in [0.2, 0.25) is 5.91 Å². The smallest absolute Gasteiger partial charge is 0.221 e. The van der Waals surface area contributed by atoms with E-state index >= 15 is 0 Å². The Morgan fingerprint density at radius 2 is 2.10 bits per heavy atom. The fourth-order valence-electron chi connectivity index (χ4n) is 1.98. The molecule has 2 atom stereocenters. The van der Waals surface area contributed by atoms with Crippen LogP contribution >= 0.6 is 0 Å². The zero-order valence-electron chi connectivity index (χ0n) is 12.7. The van der Waals surface area contributed by atoms with Gasteiger partial charge in [-0.3, -0.25) is 4.79 Å². The Bertz CT molecular complexity index is 435. The van der Waals surface area contributed by atoms with Crippen molar-refractivity contribution >= 4 is 5.91 Å². The Morgan fingerprint density at radius 3 is 2.65 bits per heavy atom. The van der Waals surface area contributed by atoms with Crippen molar-refractivity contribution in [3.05, 3.63) is 29.8 Å². The molecular weight excluding hydrogens is 254 g/mol. The minimum absolute atomic E-state index is 0.164. The zero-order chi connectivity index (χ0) is 15.1. The van der Waals surface area contributed by atoms with Crippen molar-refractivity contribution in [2.75, 3.05) is 34.3 Å². The standard InChI is InChI=1S/C15H25N3O2/c1-11(15(16)19)9-17-10-14(18(2)3)12-6-5-7-13(8-12)20-4/h5-8,11,14,17H,9-10H2,1-4H3,(H2,16,19). The number of methoxy groups -OCH3 is 1. The number of hydrogen-bond donors (Lipinski definition) is 2. The van der Waals surface area contributed by atoms with Gasteiger partial charge in [-0.1, -0.05) is 19.1 Å². The lowest BCUT2D eigenvalue weighted by atomic mass is 10.1. The summed E-state index contributed by atoms with van der Waals surface area (Å²) in [6.45, 7) is 3.16. The van der Waals surface area contributed by atoms with Crippen LogP contribution in [0.15, 0.2) is 24.3 Å². The first-order valence-electron chi connectivity index (χ1n) is 6.76. The van der Waals surface area contributed by atoms with E-state index in [4.69, 9.17) is 10.5 Å². The van der Waals surface area contributed by atoms with E-state index < -0.39 is 0 Å². The Kier molecular flexibility index (Phi) is 6.48. The van der Waals surface area contributed by atoms with Crippen molar-refractivity contribution in [1.29, 1.82) is 0 Å². The van der Waals surface area contributed by atoms with Gasteiger partial charge in [0.1, 0.15) is 5.75 Å². The van der Waals surface area contributed by atoms with E-state index in [9.17, 15) is 4.79 Å². The maximum Gasteiger partial charge on any atom is 0.221 e. The Hall–Kier alpha value is -1.59. The number of likely N-dealkylation sites (N-methyl/N-ethyl adjacent to an activating group) is 1. The van der Waals surface area contributed by atoms with Gasteiger partial charge in [0.25, 0.3) is 0 Å². The van der Waals surface area contributed by atoms with Crippen LogP contribution in [0.1, 0.15) is 18.5 Å². The molecule has 1 aromatic rings. The van der Waals surface area contributed by atoms with Crippen LogP contribution in [0, 0.1) is 5.92 Å². The molecule has 0 bridgehead atoms. The van der Waals surface area contributed by atoms with E-state index in [1.807, 2.05) is 39.2 Å². The molecule has 1 aromatic carbocycles. The number of carbonyl (C=O) groups excluding carboxylic acids is 1. The lowest BCUT2D eigenvalue weighted by Gasteiger charge is -2.26. The normalized spacial score (nSPS) is 14.1. The predicted octanol–water partition coefficient (Wildman–Crippen LogP) is 1.01. The van der Waals surface area contributed by atoms with Gasteiger partial charge in [-0.05, 0) is 31.8 Å². The maximum atomic E-state index is 11.0. The first kappa shape index (κ1) is 16.5. The zero-order valence-corrected chi connectivity index (χ0v) is 12.7. The summed E-state index contributed by atoms with van der Waals surface area (Å²) in [7, 11) is 5.73. The Morgan fingerprint density at radius 1 is 1.40 bits per heavy atom. The minimum atomic E-state index is -0.278. The fraction of sp³-hybridized carbons (Fsp3) is 0.533. The SMILES string of the molecule is COc1cccc(C(CNCC(C)C(N)=O)N(C)C)c1. The summed E-state index contributed by atoms with van der Waals surface area (Å²) in [5.41, 5.74) is 6.43. The van der Waals surface area contributed by atoms with Gasteiger partial charge in [0.05, 0.1) is 7.11 Å². The molecular formula is C15H25N3O2. The number of ether oxygens (including phenoxy) is 1. The number of carbonyl (C=O) groups is 1. The molecule has 0 saturated heterocycles. The van der Waals surface area contributed by atoms with E-state index in [1.54, 1.807) is 7.11 Å². The van der Waals surface area contributed by atoms with Crippen molar-refractivity contribution in [2.45, 2.75) is 13.0 Å². The summed E-state index contributed by atoms with van der Waals surface area (Å²) in [5.74, 6) is 0.406. The molecule has 0 aliphatic carbocycles. The molecule has 3 N–H and O–H groups in total. The summed E-state index contributed by atoms with van der Waals surface area (Å²) >= 11 is 0. The van der Waals surface area contributed by atoms with Crippen LogP contribution in [0.4, 0.5) is 0 Å². The van der Waals surface area contributed by atoms with Crippen molar-refractivity contribution in [1.82, 2.24) is 10.2 Å². The molecule has 0 radical (unpaired) electrons. The molecule has 0 saturated carbocycles. The highest BCUT2D eigenvalue weighted by atomic mass is 16.5. The molecule has 0 aliphatic heterocycles. The average Bonchev–Trinajstić information content (AvgIpc) is 2.42. The summed E-state index contributed by atoms with van der Waals surface area (Å²) in [5, 5.41) is 3.30. The van der Waals surface area contributed by atoms with Crippen molar-refractivity contribution in [2.24, 2.45) is 11.7 Å². The van der Waals surface area contributed by atoms with Crippen LogP contribution in [0.5, 0.6) is 5.75 Å². The first-order valence-corrected chi connectivity index (χ1v) is 6.76. The van der Waals surface area contributed by atoms with Gasteiger partial charge in [0.15, 0.2) is 0 Å². The molecule has 1 rings (SSSR count). The molecule has 112 valence electrons. The second kappa shape index (κ2) is 7.87. The van der Waals surface area contributed by atoms with E-state index in [1.165, 1.54) is 5.56 Å². The number of nitrogens with two attached hydrogens (primary N) is 1. The highest BCUT2D eigenvalue weighted by molar-refractivity contribution is 5.76. The summed E-state index contributed by atoms with van der Waals surface area (Å²) < 4.78 is 5.26. The average molecular weight is 279 g/mol. The third-order valence-electron chi connectivity index (χ3n) is 3.38. The summed E-state index contributed by atoms with van der Waals surface area (Å²) in [6, 6.07) is 8.23. The second-order valence-corrected chi connectivity index (χ2v) is 5.22. The molecule has 0 fully saturated rings. The van der Waals surface area contributed by atoms with Gasteiger partial charge < -0.3 is 20.7 Å². The van der Waals surface area contributed by atoms with E-state index in [2.05, 4.69) is 16.3 Å². The number of hydrogen-bond acceptors (Lipinski definition) is 4. The summed E-state index contributed by atoms with van der Waals surface area (Å²) in [6.07, 6.45) is 0. The van der Waals surface area contributed by atoms with Gasteiger partial charge in [-0.15, -0.1) is 0 Å². The molecule has 1 amide bonds. The molecule has 0 aliphatic rings. The van der Waals surface area contributed by atoms with Crippen LogP contribution < -0.4 is 15.8 Å². The van der Waals surface area contributed by atoms with Crippen LogP contribution in [-0.4, -0.2) is 45.1 Å². The lowest BCUT2D eigenvalue weighted by molar-refractivity contribution is -0.121. The topological polar surface area (TPSA) is 67.6 Å². The maximum absolute atomic E-state index is 11.0. The second-order valence-electron chi connectivity index (χ2n) is 5.22. The highest BCUT2D eigenvalue weighted by Crippen LogP contribution is 2.22. The van der Waals surface area contributed by atoms with Gasteiger partial charge >= 0.3 is 0 Å². The van der Waals surface area contributed by atoms with Gasteiger partial charge in [-0.25, -0.2) is 0 Å². The van der Waals surface area contributed by atoms with Crippen LogP contribution in [0.2, 0.25) is 0 Å². The van der Waals surface area contributed by atoms with E-state index in [0.29, 0.717) is 6.54 Å². The molecule has 0 spiro atoms. The number of nitrogens with one attached hydrogen (secondary N) is 1. The minimum Gasteiger partial charge on any atom is -0.497 e. The summed E-state index contributed by atoms with van der Waals surface area (Å²) in [4.78, 5) is 13.2. The largest absolute Gasteiger partial charge is 0.497 e. The lowest BCUT2D eigenvalue weighted by Crippen LogP contribution is -2.36. The van der Waals surface area contributed by atoms with Crippen molar-refractivity contribution < 1.29 is 9.53 Å². The molecule has 5 nitrogen and oxygen atoms in total. The molecule has 20 heavy (non-hydrogen) atoms. The van der Waals surface area contributed by atoms with E-state index in [-0.39, 0.29) is 17.9 Å². The monoisotopic (exact) mass is 279 g/mol. The number of rotatable bonds is 8. The molecule has 0 heterocycles. The number of amides is 1. The molecule has 2 unspecified atom stereocenters. The fourth-order valence-corrected chi connectivity index (χ4v) is 1.98. The number of primary amides is 1. The number of nitrogens with zero attached hydrogens (tertiary/aromatic N) is 1. The Labute approximate surface area is 121 Å². The highest BCUT2D eigenvalue weighted by Gasteiger charge is 2.15. The number of benzene rings is 1. The van der Waals surface area contributed by atoms with Crippen molar-refractivity contribution in [3.63, 3.8) is 0 Å². The van der Waals surface area contributed by atoms with Gasteiger partial charge in [-0.2, -0.15) is 0 Å². The predicted molar refractivity (Wildman–Crippen MR) is 80.7 cm³/mol. The third kappa shape index (κ3) is 4.83. The third-order valence-corrected chi connectivity index (χ3v) is 3.38.